The van der Waals surface area contributed by atoms with E-state index >= 15 is 0 Å². The first kappa shape index (κ1) is 10.9. The van der Waals surface area contributed by atoms with Gasteiger partial charge in [0.15, 0.2) is 5.69 Å². The molecule has 0 saturated carbocycles. The fraction of sp³-hybridized carbons (Fsp3) is 0.0833. The maximum absolute atomic E-state index is 11.5. The van der Waals surface area contributed by atoms with Crippen LogP contribution in [0.5, 0.6) is 0 Å². The lowest BCUT2D eigenvalue weighted by Gasteiger charge is -1.98. The number of carbonyl (C=O) groups is 1. The van der Waals surface area contributed by atoms with Crippen molar-refractivity contribution < 1.29 is 4.79 Å². The molecule has 2 aromatic rings. The van der Waals surface area contributed by atoms with E-state index in [9.17, 15) is 4.79 Å². The summed E-state index contributed by atoms with van der Waals surface area (Å²) in [6.45, 7) is 0.178. The predicted octanol–water partition coefficient (Wildman–Crippen LogP) is 0.630. The molecule has 0 spiro atoms. The minimum Gasteiger partial charge on any atom is -0.340 e. The number of terminal acetylenes is 1. The van der Waals surface area contributed by atoms with E-state index in [-0.39, 0.29) is 18.1 Å². The van der Waals surface area contributed by atoms with E-state index < -0.39 is 0 Å². The Bertz CT molecular complexity index is 553. The number of hydrogen-bond acceptors (Lipinski definition) is 3. The van der Waals surface area contributed by atoms with Crippen molar-refractivity contribution in [3.63, 3.8) is 0 Å². The number of carbonyl (C=O) groups excluding carboxylic acids is 1. The smallest absolute Gasteiger partial charge is 0.274 e. The third-order valence-electron chi connectivity index (χ3n) is 2.06. The number of amides is 1. The Hall–Kier alpha value is -2.61. The van der Waals surface area contributed by atoms with Crippen LogP contribution in [0.2, 0.25) is 0 Å². The summed E-state index contributed by atoms with van der Waals surface area (Å²) < 4.78 is 0. The maximum atomic E-state index is 11.5. The van der Waals surface area contributed by atoms with Gasteiger partial charge in [-0.3, -0.25) is 4.79 Å². The summed E-state index contributed by atoms with van der Waals surface area (Å²) in [7, 11) is 0. The van der Waals surface area contributed by atoms with Crippen molar-refractivity contribution in [2.24, 2.45) is 0 Å². The SMILES string of the molecule is C#CCNC(=O)c1cnn(-c2ccccc2)n1. The highest BCUT2D eigenvalue weighted by atomic mass is 16.2. The molecule has 0 aliphatic carbocycles. The molecule has 0 bridgehead atoms. The molecule has 0 aliphatic rings. The highest BCUT2D eigenvalue weighted by Crippen LogP contribution is 2.03. The van der Waals surface area contributed by atoms with Crippen LogP contribution in [-0.2, 0) is 0 Å². The summed E-state index contributed by atoms with van der Waals surface area (Å²) in [5, 5.41) is 10.6. The quantitative estimate of drug-likeness (QED) is 0.781. The van der Waals surface area contributed by atoms with Gasteiger partial charge in [-0.25, -0.2) is 0 Å². The second-order valence-corrected chi connectivity index (χ2v) is 3.24. The van der Waals surface area contributed by atoms with E-state index in [4.69, 9.17) is 6.42 Å². The Kier molecular flexibility index (Phi) is 3.17. The van der Waals surface area contributed by atoms with Gasteiger partial charge in [-0.1, -0.05) is 24.1 Å². The van der Waals surface area contributed by atoms with Crippen molar-refractivity contribution in [3.8, 4) is 18.0 Å². The van der Waals surface area contributed by atoms with Gasteiger partial charge in [0.1, 0.15) is 0 Å². The van der Waals surface area contributed by atoms with Crippen LogP contribution in [0, 0.1) is 12.3 Å². The molecule has 0 unspecified atom stereocenters. The van der Waals surface area contributed by atoms with E-state index in [0.29, 0.717) is 0 Å². The molecule has 84 valence electrons. The van der Waals surface area contributed by atoms with Gasteiger partial charge in [0.25, 0.3) is 5.91 Å². The number of hydrogen-bond donors (Lipinski definition) is 1. The summed E-state index contributed by atoms with van der Waals surface area (Å²) >= 11 is 0. The molecule has 0 radical (unpaired) electrons. The van der Waals surface area contributed by atoms with Crippen LogP contribution < -0.4 is 5.32 Å². The predicted molar refractivity (Wildman–Crippen MR) is 62.5 cm³/mol. The first-order valence-electron chi connectivity index (χ1n) is 5.00. The van der Waals surface area contributed by atoms with Crippen molar-refractivity contribution in [3.05, 3.63) is 42.2 Å². The summed E-state index contributed by atoms with van der Waals surface area (Å²) in [6, 6.07) is 9.34. The molecule has 5 nitrogen and oxygen atoms in total. The van der Waals surface area contributed by atoms with Crippen molar-refractivity contribution in [2.45, 2.75) is 0 Å². The van der Waals surface area contributed by atoms with Gasteiger partial charge in [-0.05, 0) is 12.1 Å². The molecule has 1 heterocycles. The van der Waals surface area contributed by atoms with Crippen LogP contribution in [0.15, 0.2) is 36.5 Å². The molecule has 0 saturated heterocycles. The zero-order chi connectivity index (χ0) is 12.1. The molecule has 1 aromatic carbocycles. The molecule has 1 amide bonds. The fourth-order valence-corrected chi connectivity index (χ4v) is 1.27. The van der Waals surface area contributed by atoms with Crippen LogP contribution >= 0.6 is 0 Å². The molecule has 0 aliphatic heterocycles. The maximum Gasteiger partial charge on any atom is 0.274 e. The van der Waals surface area contributed by atoms with Crippen LogP contribution in [0.4, 0.5) is 0 Å². The molecule has 0 atom stereocenters. The first-order chi connectivity index (χ1) is 8.31. The van der Waals surface area contributed by atoms with E-state index in [1.54, 1.807) is 0 Å². The molecule has 1 N–H and O–H groups in total. The van der Waals surface area contributed by atoms with Crippen LogP contribution in [0.25, 0.3) is 5.69 Å². The number of nitrogens with one attached hydrogen (secondary N) is 1. The fourth-order valence-electron chi connectivity index (χ4n) is 1.27. The number of para-hydroxylation sites is 1. The van der Waals surface area contributed by atoms with E-state index in [1.165, 1.54) is 11.0 Å². The summed E-state index contributed by atoms with van der Waals surface area (Å²) in [6.07, 6.45) is 6.45. The molecular formula is C12H10N4O. The molecule has 5 heteroatoms. The molecule has 1 aromatic heterocycles. The number of aromatic nitrogens is 3. The molecular weight excluding hydrogens is 216 g/mol. The third kappa shape index (κ3) is 2.49. The monoisotopic (exact) mass is 226 g/mol. The highest BCUT2D eigenvalue weighted by Gasteiger charge is 2.09. The Morgan fingerprint density at radius 1 is 1.41 bits per heavy atom. The summed E-state index contributed by atoms with van der Waals surface area (Å²) in [4.78, 5) is 12.9. The zero-order valence-electron chi connectivity index (χ0n) is 9.00. The van der Waals surface area contributed by atoms with Gasteiger partial charge in [-0.2, -0.15) is 9.90 Å². The Balaban J connectivity index is 2.17. The second kappa shape index (κ2) is 4.94. The van der Waals surface area contributed by atoms with Crippen LogP contribution in [-0.4, -0.2) is 27.4 Å². The largest absolute Gasteiger partial charge is 0.340 e. The normalized spacial score (nSPS) is 9.59. The van der Waals surface area contributed by atoms with E-state index in [0.717, 1.165) is 5.69 Å². The minimum absolute atomic E-state index is 0.178. The summed E-state index contributed by atoms with van der Waals surface area (Å²) in [5.41, 5.74) is 1.03. The van der Waals surface area contributed by atoms with Gasteiger partial charge in [-0.15, -0.1) is 11.5 Å². The van der Waals surface area contributed by atoms with Gasteiger partial charge in [0, 0.05) is 0 Å². The molecule has 17 heavy (non-hydrogen) atoms. The van der Waals surface area contributed by atoms with Gasteiger partial charge in [0.2, 0.25) is 0 Å². The Labute approximate surface area is 98.5 Å². The lowest BCUT2D eigenvalue weighted by molar-refractivity contribution is 0.0953. The Morgan fingerprint density at radius 3 is 2.88 bits per heavy atom. The number of rotatable bonds is 3. The van der Waals surface area contributed by atoms with Crippen molar-refractivity contribution >= 4 is 5.91 Å². The van der Waals surface area contributed by atoms with Crippen molar-refractivity contribution in [1.29, 1.82) is 0 Å². The van der Waals surface area contributed by atoms with Crippen LogP contribution in [0.3, 0.4) is 0 Å². The topological polar surface area (TPSA) is 59.8 Å². The average molecular weight is 226 g/mol. The highest BCUT2D eigenvalue weighted by molar-refractivity contribution is 5.91. The average Bonchev–Trinajstić information content (AvgIpc) is 2.86. The standard InChI is InChI=1S/C12H10N4O/c1-2-8-13-12(17)11-9-14-16(15-11)10-6-4-3-5-7-10/h1,3-7,9H,8H2,(H,13,17). The zero-order valence-corrected chi connectivity index (χ0v) is 9.00. The lowest BCUT2D eigenvalue weighted by atomic mass is 10.3. The van der Waals surface area contributed by atoms with E-state index in [1.807, 2.05) is 30.3 Å². The number of nitrogens with zero attached hydrogens (tertiary/aromatic N) is 3. The van der Waals surface area contributed by atoms with Gasteiger partial charge in [0.05, 0.1) is 18.4 Å². The van der Waals surface area contributed by atoms with Gasteiger partial charge >= 0.3 is 0 Å². The molecule has 0 fully saturated rings. The first-order valence-corrected chi connectivity index (χ1v) is 5.00. The minimum atomic E-state index is -0.329. The second-order valence-electron chi connectivity index (χ2n) is 3.24. The van der Waals surface area contributed by atoms with Crippen molar-refractivity contribution in [1.82, 2.24) is 20.3 Å². The third-order valence-corrected chi connectivity index (χ3v) is 2.06. The number of benzene rings is 1. The molecule has 2 rings (SSSR count). The lowest BCUT2D eigenvalue weighted by Crippen LogP contribution is -2.24. The summed E-state index contributed by atoms with van der Waals surface area (Å²) in [5.74, 6) is 1.99. The Morgan fingerprint density at radius 2 is 2.18 bits per heavy atom. The van der Waals surface area contributed by atoms with Crippen molar-refractivity contribution in [2.75, 3.05) is 6.54 Å². The van der Waals surface area contributed by atoms with Crippen LogP contribution in [0.1, 0.15) is 10.5 Å². The van der Waals surface area contributed by atoms with E-state index in [2.05, 4.69) is 21.4 Å². The van der Waals surface area contributed by atoms with Gasteiger partial charge < -0.3 is 5.32 Å².